The molecule has 0 saturated carbocycles. The summed E-state index contributed by atoms with van der Waals surface area (Å²) in [6, 6.07) is 6.66. The highest BCUT2D eigenvalue weighted by molar-refractivity contribution is 8.10. The van der Waals surface area contributed by atoms with Gasteiger partial charge in [-0.15, -0.1) is 0 Å². The number of nitrogens with zero attached hydrogens (tertiary/aromatic N) is 1. The average Bonchev–Trinajstić information content (AvgIpc) is 2.84. The SMILES string of the molecule is Cc1ccc(NS(=O)(=O)[CH]S(=O)(=O)N2CCCC2)cc1. The van der Waals surface area contributed by atoms with E-state index in [1.54, 1.807) is 24.3 Å². The van der Waals surface area contributed by atoms with Gasteiger partial charge >= 0.3 is 0 Å². The molecule has 1 saturated heterocycles. The molecule has 1 aliphatic heterocycles. The van der Waals surface area contributed by atoms with Crippen LogP contribution in [0.1, 0.15) is 18.4 Å². The Hall–Kier alpha value is -1.12. The fourth-order valence-electron chi connectivity index (χ4n) is 1.97. The molecule has 0 unspecified atom stereocenters. The van der Waals surface area contributed by atoms with Gasteiger partial charge in [-0.1, -0.05) is 17.7 Å². The van der Waals surface area contributed by atoms with Crippen LogP contribution in [0.25, 0.3) is 0 Å². The van der Waals surface area contributed by atoms with E-state index in [2.05, 4.69) is 4.72 Å². The Morgan fingerprint density at radius 1 is 1.05 bits per heavy atom. The molecule has 111 valence electrons. The Morgan fingerprint density at radius 2 is 1.60 bits per heavy atom. The molecule has 0 atom stereocenters. The van der Waals surface area contributed by atoms with Gasteiger partial charge in [0.2, 0.25) is 15.1 Å². The molecule has 6 nitrogen and oxygen atoms in total. The summed E-state index contributed by atoms with van der Waals surface area (Å²) in [5.74, 6) is 0. The van der Waals surface area contributed by atoms with Crippen molar-refractivity contribution in [3.63, 3.8) is 0 Å². The Balaban J connectivity index is 2.09. The predicted molar refractivity (Wildman–Crippen MR) is 77.7 cm³/mol. The van der Waals surface area contributed by atoms with Gasteiger partial charge in [0.1, 0.15) is 0 Å². The molecule has 20 heavy (non-hydrogen) atoms. The Kier molecular flexibility index (Phi) is 4.36. The van der Waals surface area contributed by atoms with Crippen molar-refractivity contribution in [3.05, 3.63) is 34.9 Å². The summed E-state index contributed by atoms with van der Waals surface area (Å²) in [5.41, 5.74) is 1.32. The van der Waals surface area contributed by atoms with E-state index in [4.69, 9.17) is 0 Å². The van der Waals surface area contributed by atoms with Gasteiger partial charge in [0.25, 0.3) is 10.0 Å². The lowest BCUT2D eigenvalue weighted by molar-refractivity contribution is 0.484. The van der Waals surface area contributed by atoms with E-state index in [1.807, 2.05) is 6.92 Å². The number of aryl methyl sites for hydroxylation is 1. The molecule has 1 aromatic carbocycles. The molecule has 0 aliphatic carbocycles. The zero-order chi connectivity index (χ0) is 14.8. The largest absolute Gasteiger partial charge is 0.282 e. The minimum absolute atomic E-state index is 0.337. The maximum atomic E-state index is 11.9. The molecule has 1 heterocycles. The second kappa shape index (κ2) is 5.71. The van der Waals surface area contributed by atoms with Gasteiger partial charge in [-0.05, 0) is 31.9 Å². The Morgan fingerprint density at radius 3 is 2.15 bits per heavy atom. The number of sulfonamides is 2. The van der Waals surface area contributed by atoms with Crippen LogP contribution in [0.4, 0.5) is 5.69 Å². The molecule has 0 bridgehead atoms. The quantitative estimate of drug-likeness (QED) is 0.887. The van der Waals surface area contributed by atoms with Crippen LogP contribution in [-0.4, -0.2) is 34.2 Å². The molecule has 1 radical (unpaired) electrons. The van der Waals surface area contributed by atoms with Crippen molar-refractivity contribution >= 4 is 25.7 Å². The number of benzene rings is 1. The highest BCUT2D eigenvalue weighted by atomic mass is 32.3. The first-order valence-corrected chi connectivity index (χ1v) is 9.28. The van der Waals surface area contributed by atoms with Crippen molar-refractivity contribution in [1.29, 1.82) is 0 Å². The van der Waals surface area contributed by atoms with Gasteiger partial charge in [-0.2, -0.15) is 0 Å². The number of rotatable bonds is 5. The maximum absolute atomic E-state index is 11.9. The molecule has 1 aromatic rings. The minimum atomic E-state index is -4.05. The summed E-state index contributed by atoms with van der Waals surface area (Å²) in [5, 5.41) is 0.394. The normalized spacial score (nSPS) is 17.2. The van der Waals surface area contributed by atoms with Crippen molar-refractivity contribution in [1.82, 2.24) is 4.31 Å². The smallest absolute Gasteiger partial charge is 0.254 e. The Bertz CT molecular complexity index is 660. The van der Waals surface area contributed by atoms with E-state index >= 15 is 0 Å². The molecule has 8 heteroatoms. The van der Waals surface area contributed by atoms with Crippen molar-refractivity contribution in [3.8, 4) is 0 Å². The number of hydrogen-bond acceptors (Lipinski definition) is 4. The topological polar surface area (TPSA) is 83.5 Å². The fourth-order valence-corrected chi connectivity index (χ4v) is 5.17. The van der Waals surface area contributed by atoms with Crippen LogP contribution in [0.3, 0.4) is 0 Å². The number of hydrogen-bond donors (Lipinski definition) is 1. The number of anilines is 1. The van der Waals surface area contributed by atoms with Crippen LogP contribution in [-0.2, 0) is 20.0 Å². The van der Waals surface area contributed by atoms with Crippen molar-refractivity contribution in [2.75, 3.05) is 17.8 Å². The fraction of sp³-hybridized carbons (Fsp3) is 0.417. The van der Waals surface area contributed by atoms with E-state index in [-0.39, 0.29) is 0 Å². The van der Waals surface area contributed by atoms with Gasteiger partial charge < -0.3 is 0 Å². The average molecular weight is 317 g/mol. The van der Waals surface area contributed by atoms with Crippen LogP contribution < -0.4 is 4.72 Å². The predicted octanol–water partition coefficient (Wildman–Crippen LogP) is 1.28. The summed E-state index contributed by atoms with van der Waals surface area (Å²) in [6.45, 7) is 2.63. The summed E-state index contributed by atoms with van der Waals surface area (Å²) in [6.07, 6.45) is 1.52. The molecule has 0 spiro atoms. The third-order valence-electron chi connectivity index (χ3n) is 2.98. The third kappa shape index (κ3) is 3.94. The van der Waals surface area contributed by atoms with Crippen molar-refractivity contribution in [2.45, 2.75) is 19.8 Å². The zero-order valence-corrected chi connectivity index (χ0v) is 12.7. The van der Waals surface area contributed by atoms with E-state index in [0.29, 0.717) is 23.9 Å². The van der Waals surface area contributed by atoms with E-state index in [9.17, 15) is 16.8 Å². The molecule has 2 rings (SSSR count). The zero-order valence-electron chi connectivity index (χ0n) is 11.1. The second-order valence-electron chi connectivity index (χ2n) is 4.76. The first-order valence-electron chi connectivity index (χ1n) is 6.23. The molecule has 0 amide bonds. The van der Waals surface area contributed by atoms with Gasteiger partial charge in [0.15, 0.2) is 0 Å². The summed E-state index contributed by atoms with van der Waals surface area (Å²) < 4.78 is 51.1. The first kappa shape index (κ1) is 15.3. The molecule has 1 fully saturated rings. The molecular weight excluding hydrogens is 300 g/mol. The lowest BCUT2D eigenvalue weighted by atomic mass is 10.2. The van der Waals surface area contributed by atoms with E-state index in [0.717, 1.165) is 18.4 Å². The summed E-state index contributed by atoms with van der Waals surface area (Å²) in [4.78, 5) is 0. The molecule has 1 aliphatic rings. The van der Waals surface area contributed by atoms with Crippen molar-refractivity contribution in [2.24, 2.45) is 0 Å². The van der Waals surface area contributed by atoms with E-state index in [1.165, 1.54) is 4.31 Å². The lowest BCUT2D eigenvalue weighted by Crippen LogP contribution is -2.31. The molecule has 0 aromatic heterocycles. The third-order valence-corrected chi connectivity index (χ3v) is 6.58. The van der Waals surface area contributed by atoms with Gasteiger partial charge in [-0.3, -0.25) is 4.72 Å². The van der Waals surface area contributed by atoms with Crippen LogP contribution in [0.15, 0.2) is 24.3 Å². The lowest BCUT2D eigenvalue weighted by Gasteiger charge is -2.15. The van der Waals surface area contributed by atoms with Gasteiger partial charge in [0.05, 0.1) is 0 Å². The van der Waals surface area contributed by atoms with Crippen LogP contribution >= 0.6 is 0 Å². The molecular formula is C12H17N2O4S2. The van der Waals surface area contributed by atoms with E-state index < -0.39 is 20.0 Å². The first-order chi connectivity index (χ1) is 9.28. The highest BCUT2D eigenvalue weighted by Crippen LogP contribution is 2.19. The van der Waals surface area contributed by atoms with Crippen LogP contribution in [0, 0.1) is 12.0 Å². The van der Waals surface area contributed by atoms with Crippen molar-refractivity contribution < 1.29 is 16.8 Å². The highest BCUT2D eigenvalue weighted by Gasteiger charge is 2.31. The summed E-state index contributed by atoms with van der Waals surface area (Å²) >= 11 is 0. The standard InChI is InChI=1S/C12H17N2O4S2/c1-11-4-6-12(7-5-11)13-19(15,16)10-20(17,18)14-8-2-3-9-14/h4-7,10,13H,2-3,8-9H2,1H3. The second-order valence-corrected chi connectivity index (χ2v) is 8.37. The van der Waals surface area contributed by atoms with Gasteiger partial charge in [-0.25, -0.2) is 21.1 Å². The Labute approximate surface area is 119 Å². The number of nitrogens with one attached hydrogen (secondary N) is 1. The van der Waals surface area contributed by atoms with Crippen LogP contribution in [0.5, 0.6) is 0 Å². The maximum Gasteiger partial charge on any atom is 0.254 e. The van der Waals surface area contributed by atoms with Crippen LogP contribution in [0.2, 0.25) is 0 Å². The minimum Gasteiger partial charge on any atom is -0.282 e. The molecule has 1 N–H and O–H groups in total. The monoisotopic (exact) mass is 317 g/mol. The summed E-state index contributed by atoms with van der Waals surface area (Å²) in [7, 11) is -7.94. The van der Waals surface area contributed by atoms with Gasteiger partial charge in [0, 0.05) is 18.8 Å².